The van der Waals surface area contributed by atoms with Crippen LogP contribution in [0.15, 0.2) is 54.6 Å². The Morgan fingerprint density at radius 1 is 1.03 bits per heavy atom. The highest BCUT2D eigenvalue weighted by atomic mass is 16.5. The first-order valence-corrected chi connectivity index (χ1v) is 10.4. The van der Waals surface area contributed by atoms with E-state index in [2.05, 4.69) is 5.32 Å². The number of hydrogen-bond acceptors (Lipinski definition) is 5. The molecule has 1 aliphatic heterocycles. The molecule has 3 aliphatic rings. The van der Waals surface area contributed by atoms with Gasteiger partial charge in [-0.15, -0.1) is 0 Å². The number of nitrogens with zero attached hydrogens (tertiary/aromatic N) is 1. The van der Waals surface area contributed by atoms with E-state index in [0.29, 0.717) is 5.69 Å². The molecule has 5 rings (SSSR count). The smallest absolute Gasteiger partial charge is 0.329 e. The quantitative estimate of drug-likeness (QED) is 0.458. The Bertz CT molecular complexity index is 1100. The molecule has 7 heteroatoms. The van der Waals surface area contributed by atoms with Gasteiger partial charge in [0.25, 0.3) is 5.91 Å². The summed E-state index contributed by atoms with van der Waals surface area (Å²) in [6.45, 7) is 0.972. The predicted molar refractivity (Wildman–Crippen MR) is 113 cm³/mol. The number of carbonyl (C=O) groups is 4. The predicted octanol–water partition coefficient (Wildman–Crippen LogP) is 2.52. The van der Waals surface area contributed by atoms with Crippen molar-refractivity contribution < 1.29 is 23.9 Å². The fourth-order valence-corrected chi connectivity index (χ4v) is 5.19. The van der Waals surface area contributed by atoms with Gasteiger partial charge in [-0.3, -0.25) is 19.3 Å². The number of hydrogen-bond donors (Lipinski definition) is 1. The molecule has 2 aliphatic carbocycles. The Labute approximate surface area is 179 Å². The third-order valence-corrected chi connectivity index (χ3v) is 6.64. The van der Waals surface area contributed by atoms with Crippen molar-refractivity contribution in [1.29, 1.82) is 0 Å². The van der Waals surface area contributed by atoms with Crippen LogP contribution in [-0.4, -0.2) is 41.2 Å². The molecule has 1 N–H and O–H groups in total. The minimum Gasteiger partial charge on any atom is -0.454 e. The third kappa shape index (κ3) is 3.12. The van der Waals surface area contributed by atoms with Gasteiger partial charge in [0.2, 0.25) is 11.8 Å². The summed E-state index contributed by atoms with van der Waals surface area (Å²) in [6, 6.07) is 12.1. The first-order chi connectivity index (χ1) is 15.0. The Balaban J connectivity index is 1.21. The molecule has 5 atom stereocenters. The number of fused-ring (bicyclic) bond motifs is 6. The fraction of sp³-hybridized carbons (Fsp3) is 0.333. The molecule has 2 fully saturated rings. The molecule has 1 heterocycles. The van der Waals surface area contributed by atoms with Gasteiger partial charge in [0.15, 0.2) is 6.61 Å². The number of ether oxygens (including phenoxy) is 1. The summed E-state index contributed by atoms with van der Waals surface area (Å²) in [5, 5.41) is 4.60. The van der Waals surface area contributed by atoms with Crippen molar-refractivity contribution in [2.45, 2.75) is 19.4 Å². The van der Waals surface area contributed by atoms with Crippen molar-refractivity contribution in [3.63, 3.8) is 0 Å². The van der Waals surface area contributed by atoms with Gasteiger partial charge in [-0.25, -0.2) is 4.79 Å². The fourth-order valence-electron chi connectivity index (χ4n) is 5.19. The summed E-state index contributed by atoms with van der Waals surface area (Å²) in [7, 11) is 0. The van der Waals surface area contributed by atoms with Crippen LogP contribution in [0.5, 0.6) is 0 Å². The van der Waals surface area contributed by atoms with E-state index in [1.807, 2.05) is 48.6 Å². The minimum atomic E-state index is -1.06. The average Bonchev–Trinajstić information content (AvgIpc) is 3.45. The van der Waals surface area contributed by atoms with E-state index in [-0.39, 0.29) is 35.5 Å². The molecule has 0 aromatic heterocycles. The highest BCUT2D eigenvalue weighted by Crippen LogP contribution is 2.52. The van der Waals surface area contributed by atoms with E-state index in [1.165, 1.54) is 6.92 Å². The molecule has 158 valence electrons. The molecule has 3 amide bonds. The number of anilines is 1. The second-order valence-electron chi connectivity index (χ2n) is 8.40. The topological polar surface area (TPSA) is 92.8 Å². The Kier molecular flexibility index (Phi) is 4.61. The number of imide groups is 1. The molecule has 31 heavy (non-hydrogen) atoms. The Hall–Kier alpha value is -3.48. The number of carbonyl (C=O) groups excluding carboxylic acids is 4. The van der Waals surface area contributed by atoms with Gasteiger partial charge in [0.05, 0.1) is 11.8 Å². The van der Waals surface area contributed by atoms with Crippen LogP contribution in [0.2, 0.25) is 0 Å². The summed E-state index contributed by atoms with van der Waals surface area (Å²) in [5.41, 5.74) is 0.618. The van der Waals surface area contributed by atoms with Crippen molar-refractivity contribution in [3.8, 4) is 0 Å². The summed E-state index contributed by atoms with van der Waals surface area (Å²) >= 11 is 0. The number of allylic oxidation sites excluding steroid dienone is 2. The van der Waals surface area contributed by atoms with Crippen molar-refractivity contribution in [1.82, 2.24) is 4.90 Å². The molecule has 7 nitrogen and oxygen atoms in total. The third-order valence-electron chi connectivity index (χ3n) is 6.64. The molecule has 0 spiro atoms. The van der Waals surface area contributed by atoms with E-state index in [4.69, 9.17) is 4.74 Å². The molecule has 2 bridgehead atoms. The second-order valence-corrected chi connectivity index (χ2v) is 8.40. The van der Waals surface area contributed by atoms with E-state index in [9.17, 15) is 19.2 Å². The lowest BCUT2D eigenvalue weighted by atomic mass is 9.85. The van der Waals surface area contributed by atoms with Crippen LogP contribution < -0.4 is 5.32 Å². The maximum Gasteiger partial charge on any atom is 0.329 e. The summed E-state index contributed by atoms with van der Waals surface area (Å²) in [5.74, 6) is -2.46. The first-order valence-electron chi connectivity index (χ1n) is 10.4. The van der Waals surface area contributed by atoms with E-state index in [1.54, 1.807) is 6.07 Å². The lowest BCUT2D eigenvalue weighted by Crippen LogP contribution is -2.45. The zero-order chi connectivity index (χ0) is 21.7. The number of benzene rings is 2. The molecule has 2 aromatic carbocycles. The van der Waals surface area contributed by atoms with E-state index < -0.39 is 24.5 Å². The van der Waals surface area contributed by atoms with Gasteiger partial charge in [0, 0.05) is 11.1 Å². The molecular weight excluding hydrogens is 396 g/mol. The number of amides is 3. The first kappa shape index (κ1) is 19.5. The van der Waals surface area contributed by atoms with Crippen molar-refractivity contribution >= 4 is 40.2 Å². The van der Waals surface area contributed by atoms with E-state index in [0.717, 1.165) is 22.1 Å². The lowest BCUT2D eigenvalue weighted by Gasteiger charge is -2.23. The van der Waals surface area contributed by atoms with Gasteiger partial charge in [-0.05, 0) is 36.6 Å². The van der Waals surface area contributed by atoms with Gasteiger partial charge in [-0.1, -0.05) is 48.6 Å². The molecule has 0 unspecified atom stereocenters. The molecule has 1 saturated carbocycles. The largest absolute Gasteiger partial charge is 0.454 e. The number of nitrogens with one attached hydrogen (secondary N) is 1. The van der Waals surface area contributed by atoms with Crippen molar-refractivity contribution in [2.75, 3.05) is 11.9 Å². The summed E-state index contributed by atoms with van der Waals surface area (Å²) < 4.78 is 5.14. The van der Waals surface area contributed by atoms with Gasteiger partial charge < -0.3 is 10.1 Å². The zero-order valence-corrected chi connectivity index (χ0v) is 17.0. The standard InChI is InChI=1S/C24H22N2O5/c1-13(26-22(28)20-15-9-10-16(11-15)21(20)23(26)29)24(30)31-12-19(27)25-18-8-4-6-14-5-2-3-7-17(14)18/h2-10,13,15-16,20-21H,11-12H2,1H3,(H,25,27)/t13-,15+,16+,20+,21+/m1/s1. The number of rotatable bonds is 5. The van der Waals surface area contributed by atoms with Gasteiger partial charge in [0.1, 0.15) is 6.04 Å². The van der Waals surface area contributed by atoms with Gasteiger partial charge in [-0.2, -0.15) is 0 Å². The van der Waals surface area contributed by atoms with Crippen molar-refractivity contribution in [2.24, 2.45) is 23.7 Å². The van der Waals surface area contributed by atoms with Crippen LogP contribution in [0.3, 0.4) is 0 Å². The average molecular weight is 418 g/mol. The number of esters is 1. The van der Waals surface area contributed by atoms with Crippen LogP contribution in [0.25, 0.3) is 10.8 Å². The lowest BCUT2D eigenvalue weighted by molar-refractivity contribution is -0.159. The monoisotopic (exact) mass is 418 g/mol. The molecule has 2 aromatic rings. The van der Waals surface area contributed by atoms with Gasteiger partial charge >= 0.3 is 5.97 Å². The maximum absolute atomic E-state index is 12.8. The van der Waals surface area contributed by atoms with Crippen LogP contribution in [-0.2, 0) is 23.9 Å². The molecule has 0 radical (unpaired) electrons. The van der Waals surface area contributed by atoms with Crippen LogP contribution in [0.1, 0.15) is 13.3 Å². The maximum atomic E-state index is 12.8. The zero-order valence-electron chi connectivity index (χ0n) is 17.0. The Morgan fingerprint density at radius 3 is 2.39 bits per heavy atom. The Morgan fingerprint density at radius 2 is 1.68 bits per heavy atom. The second kappa shape index (κ2) is 7.34. The van der Waals surface area contributed by atoms with Crippen molar-refractivity contribution in [3.05, 3.63) is 54.6 Å². The van der Waals surface area contributed by atoms with Crippen LogP contribution >= 0.6 is 0 Å². The highest BCUT2D eigenvalue weighted by molar-refractivity contribution is 6.09. The summed E-state index contributed by atoms with van der Waals surface area (Å²) in [4.78, 5) is 51.5. The molecule has 1 saturated heterocycles. The normalized spacial score (nSPS) is 26.9. The molecular formula is C24H22N2O5. The number of likely N-dealkylation sites (tertiary alicyclic amines) is 1. The van der Waals surface area contributed by atoms with Crippen LogP contribution in [0.4, 0.5) is 5.69 Å². The summed E-state index contributed by atoms with van der Waals surface area (Å²) in [6.07, 6.45) is 4.83. The SMILES string of the molecule is C[C@H](C(=O)OCC(=O)Nc1cccc2ccccc12)N1C(=O)[C@@H]2[C@@H](C1=O)[C@H]1C=C[C@H]2C1. The van der Waals surface area contributed by atoms with Crippen LogP contribution in [0, 0.1) is 23.7 Å². The minimum absolute atomic E-state index is 0.0751. The highest BCUT2D eigenvalue weighted by Gasteiger charge is 2.60. The van der Waals surface area contributed by atoms with E-state index >= 15 is 0 Å².